The zero-order valence-corrected chi connectivity index (χ0v) is 11.4. The predicted octanol–water partition coefficient (Wildman–Crippen LogP) is 0.249. The van der Waals surface area contributed by atoms with E-state index in [4.69, 9.17) is 0 Å². The van der Waals surface area contributed by atoms with Crippen LogP contribution < -0.4 is 4.72 Å². The summed E-state index contributed by atoms with van der Waals surface area (Å²) >= 11 is 0. The summed E-state index contributed by atoms with van der Waals surface area (Å²) in [6.07, 6.45) is 5.32. The van der Waals surface area contributed by atoms with Gasteiger partial charge in [0, 0.05) is 31.3 Å². The summed E-state index contributed by atoms with van der Waals surface area (Å²) < 4.78 is 28.5. The lowest BCUT2D eigenvalue weighted by molar-refractivity contribution is 0.127. The number of aliphatic hydroxyl groups excluding tert-OH is 1. The fourth-order valence-electron chi connectivity index (χ4n) is 2.42. The molecular weight excluding hydrogens is 254 g/mol. The molecule has 7 heteroatoms. The number of nitrogens with zero attached hydrogens (tertiary/aromatic N) is 2. The van der Waals surface area contributed by atoms with Gasteiger partial charge in [-0.1, -0.05) is 13.3 Å². The standard InChI is InChI=1S/C11H19N3O3S/c1-11(8-15)5-3-4-10(11)13-18(16,17)9-6-12-14(2)7-9/h6-7,10,13,15H,3-5,8H2,1-2H3. The van der Waals surface area contributed by atoms with Crippen LogP contribution in [0.5, 0.6) is 0 Å². The van der Waals surface area contributed by atoms with E-state index < -0.39 is 10.0 Å². The molecule has 6 nitrogen and oxygen atoms in total. The lowest BCUT2D eigenvalue weighted by atomic mass is 9.86. The van der Waals surface area contributed by atoms with Crippen molar-refractivity contribution in [3.05, 3.63) is 12.4 Å². The predicted molar refractivity (Wildman–Crippen MR) is 66.4 cm³/mol. The van der Waals surface area contributed by atoms with Crippen LogP contribution in [0.3, 0.4) is 0 Å². The van der Waals surface area contributed by atoms with Crippen molar-refractivity contribution < 1.29 is 13.5 Å². The molecule has 1 saturated carbocycles. The van der Waals surface area contributed by atoms with Crippen LogP contribution in [0.15, 0.2) is 17.3 Å². The number of rotatable bonds is 4. The average Bonchev–Trinajstić information content (AvgIpc) is 2.87. The van der Waals surface area contributed by atoms with Gasteiger partial charge in [0.1, 0.15) is 4.90 Å². The van der Waals surface area contributed by atoms with Gasteiger partial charge in [0.2, 0.25) is 10.0 Å². The van der Waals surface area contributed by atoms with Crippen LogP contribution >= 0.6 is 0 Å². The molecule has 0 spiro atoms. The second-order valence-electron chi connectivity index (χ2n) is 5.23. The SMILES string of the molecule is Cn1cc(S(=O)(=O)NC2CCCC2(C)CO)cn1. The lowest BCUT2D eigenvalue weighted by Crippen LogP contribution is -2.44. The first-order valence-electron chi connectivity index (χ1n) is 5.99. The number of hydrogen-bond acceptors (Lipinski definition) is 4. The molecule has 0 aliphatic heterocycles. The Morgan fingerprint density at radius 1 is 1.67 bits per heavy atom. The van der Waals surface area contributed by atoms with E-state index in [9.17, 15) is 13.5 Å². The molecule has 2 unspecified atom stereocenters. The first-order chi connectivity index (χ1) is 8.37. The van der Waals surface area contributed by atoms with Crippen molar-refractivity contribution in [2.75, 3.05) is 6.61 Å². The third-order valence-corrected chi connectivity index (χ3v) is 5.16. The lowest BCUT2D eigenvalue weighted by Gasteiger charge is -2.29. The maximum absolute atomic E-state index is 12.2. The monoisotopic (exact) mass is 273 g/mol. The van der Waals surface area contributed by atoms with Crippen molar-refractivity contribution in [3.63, 3.8) is 0 Å². The summed E-state index contributed by atoms with van der Waals surface area (Å²) in [7, 11) is -1.88. The van der Waals surface area contributed by atoms with Gasteiger partial charge in [-0.05, 0) is 12.8 Å². The first kappa shape index (κ1) is 13.5. The fourth-order valence-corrected chi connectivity index (χ4v) is 3.81. The van der Waals surface area contributed by atoms with Gasteiger partial charge in [-0.15, -0.1) is 0 Å². The Balaban J connectivity index is 2.19. The molecule has 0 aromatic carbocycles. The van der Waals surface area contributed by atoms with E-state index in [2.05, 4.69) is 9.82 Å². The van der Waals surface area contributed by atoms with Gasteiger partial charge in [0.15, 0.2) is 0 Å². The highest BCUT2D eigenvalue weighted by Gasteiger charge is 2.40. The molecule has 1 aromatic heterocycles. The number of nitrogens with one attached hydrogen (secondary N) is 1. The minimum atomic E-state index is -3.55. The van der Waals surface area contributed by atoms with Crippen LogP contribution in [0.4, 0.5) is 0 Å². The number of hydrogen-bond donors (Lipinski definition) is 2. The molecule has 0 radical (unpaired) electrons. The summed E-state index contributed by atoms with van der Waals surface area (Å²) in [4.78, 5) is 0.164. The minimum Gasteiger partial charge on any atom is -0.396 e. The Morgan fingerprint density at radius 3 is 2.94 bits per heavy atom. The Labute approximate surface area is 107 Å². The van der Waals surface area contributed by atoms with E-state index in [1.807, 2.05) is 6.92 Å². The van der Waals surface area contributed by atoms with Crippen LogP contribution in [-0.2, 0) is 17.1 Å². The van der Waals surface area contributed by atoms with Crippen molar-refractivity contribution in [1.82, 2.24) is 14.5 Å². The van der Waals surface area contributed by atoms with Gasteiger partial charge >= 0.3 is 0 Å². The van der Waals surface area contributed by atoms with E-state index in [1.165, 1.54) is 17.1 Å². The molecule has 1 heterocycles. The Kier molecular flexibility index (Phi) is 3.48. The van der Waals surface area contributed by atoms with Crippen molar-refractivity contribution in [3.8, 4) is 0 Å². The zero-order chi connectivity index (χ0) is 13.4. The van der Waals surface area contributed by atoms with Crippen LogP contribution in [0.25, 0.3) is 0 Å². The normalized spacial score (nSPS) is 28.7. The van der Waals surface area contributed by atoms with Crippen molar-refractivity contribution >= 4 is 10.0 Å². The molecule has 0 amide bonds. The number of aromatic nitrogens is 2. The highest BCUT2D eigenvalue weighted by Crippen LogP contribution is 2.38. The zero-order valence-electron chi connectivity index (χ0n) is 10.6. The van der Waals surface area contributed by atoms with Crippen molar-refractivity contribution in [1.29, 1.82) is 0 Å². The number of aliphatic hydroxyl groups is 1. The van der Waals surface area contributed by atoms with Crippen molar-refractivity contribution in [2.45, 2.75) is 37.1 Å². The summed E-state index contributed by atoms with van der Waals surface area (Å²) in [6, 6.07) is -0.215. The summed E-state index contributed by atoms with van der Waals surface area (Å²) in [6.45, 7) is 1.91. The van der Waals surface area contributed by atoms with Gasteiger partial charge < -0.3 is 5.11 Å². The smallest absolute Gasteiger partial charge is 0.243 e. The maximum atomic E-state index is 12.2. The fraction of sp³-hybridized carbons (Fsp3) is 0.727. The molecule has 0 saturated heterocycles. The minimum absolute atomic E-state index is 0.00672. The molecule has 102 valence electrons. The van der Waals surface area contributed by atoms with E-state index in [1.54, 1.807) is 7.05 Å². The van der Waals surface area contributed by atoms with E-state index >= 15 is 0 Å². The van der Waals surface area contributed by atoms with Gasteiger partial charge in [0.25, 0.3) is 0 Å². The van der Waals surface area contributed by atoms with Crippen molar-refractivity contribution in [2.24, 2.45) is 12.5 Å². The quantitative estimate of drug-likeness (QED) is 0.823. The third kappa shape index (κ3) is 2.43. The van der Waals surface area contributed by atoms with Crippen LogP contribution in [0.2, 0.25) is 0 Å². The Bertz CT molecular complexity index is 525. The van der Waals surface area contributed by atoms with Crippen LogP contribution in [0, 0.1) is 5.41 Å². The van der Waals surface area contributed by atoms with E-state index in [0.29, 0.717) is 0 Å². The first-order valence-corrected chi connectivity index (χ1v) is 7.47. The van der Waals surface area contributed by atoms with Gasteiger partial charge in [-0.2, -0.15) is 5.10 Å². The van der Waals surface area contributed by atoms with Gasteiger partial charge in [-0.3, -0.25) is 4.68 Å². The molecular formula is C11H19N3O3S. The van der Waals surface area contributed by atoms with E-state index in [0.717, 1.165) is 19.3 Å². The molecule has 2 atom stereocenters. The summed E-state index contributed by atoms with van der Waals surface area (Å²) in [5.41, 5.74) is -0.366. The second kappa shape index (κ2) is 4.64. The van der Waals surface area contributed by atoms with Crippen LogP contribution in [0.1, 0.15) is 26.2 Å². The molecule has 1 aliphatic carbocycles. The molecule has 2 N–H and O–H groups in total. The van der Waals surface area contributed by atoms with Crippen LogP contribution in [-0.4, -0.2) is 36.0 Å². The average molecular weight is 273 g/mol. The topological polar surface area (TPSA) is 84.2 Å². The van der Waals surface area contributed by atoms with E-state index in [-0.39, 0.29) is 23.0 Å². The number of sulfonamides is 1. The Hall–Kier alpha value is -0.920. The van der Waals surface area contributed by atoms with Gasteiger partial charge in [0.05, 0.1) is 6.20 Å². The molecule has 1 aliphatic rings. The maximum Gasteiger partial charge on any atom is 0.243 e. The number of aryl methyl sites for hydroxylation is 1. The molecule has 0 bridgehead atoms. The highest BCUT2D eigenvalue weighted by atomic mass is 32.2. The molecule has 1 fully saturated rings. The Morgan fingerprint density at radius 2 is 2.39 bits per heavy atom. The van der Waals surface area contributed by atoms with Gasteiger partial charge in [-0.25, -0.2) is 13.1 Å². The third-order valence-electron chi connectivity index (χ3n) is 3.73. The summed E-state index contributed by atoms with van der Waals surface area (Å²) in [5, 5.41) is 13.3. The largest absolute Gasteiger partial charge is 0.396 e. The molecule has 2 rings (SSSR count). The second-order valence-corrected chi connectivity index (χ2v) is 6.94. The highest BCUT2D eigenvalue weighted by molar-refractivity contribution is 7.89. The molecule has 1 aromatic rings. The summed E-state index contributed by atoms with van der Waals surface area (Å²) in [5.74, 6) is 0. The molecule has 18 heavy (non-hydrogen) atoms.